The Hall–Kier alpha value is -4.83. The first-order valence-electron chi connectivity index (χ1n) is 13.0. The number of methoxy groups -OCH3 is 2. The van der Waals surface area contributed by atoms with Gasteiger partial charge in [0.15, 0.2) is 11.6 Å². The van der Waals surface area contributed by atoms with E-state index in [1.807, 2.05) is 36.4 Å². The van der Waals surface area contributed by atoms with Gasteiger partial charge in [-0.05, 0) is 35.7 Å². The number of benzene rings is 4. The number of aromatic nitrogens is 2. The van der Waals surface area contributed by atoms with Crippen LogP contribution in [0.3, 0.4) is 0 Å². The number of hydrogen-bond acceptors (Lipinski definition) is 8. The summed E-state index contributed by atoms with van der Waals surface area (Å²) in [6, 6.07) is 29.4. The van der Waals surface area contributed by atoms with Crippen LogP contribution in [-0.4, -0.2) is 39.2 Å². The van der Waals surface area contributed by atoms with Gasteiger partial charge in [0, 0.05) is 30.4 Å². The van der Waals surface area contributed by atoms with Crippen LogP contribution in [0.1, 0.15) is 18.4 Å². The SMILES string of the molecule is COc1cc(Nc2nc3ccccc3nc2NS(=O)(=O)c2ccccc2NCC(C)c2ccccc2)cc(OC)c1. The highest BCUT2D eigenvalue weighted by molar-refractivity contribution is 7.92. The minimum absolute atomic E-state index is 0.0537. The molecule has 4 aromatic carbocycles. The van der Waals surface area contributed by atoms with Crippen LogP contribution in [0.5, 0.6) is 11.5 Å². The molecule has 1 aromatic heterocycles. The molecule has 1 atom stereocenters. The molecule has 0 fully saturated rings. The van der Waals surface area contributed by atoms with Crippen molar-refractivity contribution in [2.24, 2.45) is 0 Å². The molecule has 9 nitrogen and oxygen atoms in total. The van der Waals surface area contributed by atoms with Crippen LogP contribution in [0.2, 0.25) is 0 Å². The van der Waals surface area contributed by atoms with E-state index in [2.05, 4.69) is 44.4 Å². The van der Waals surface area contributed by atoms with E-state index < -0.39 is 10.0 Å². The summed E-state index contributed by atoms with van der Waals surface area (Å²) in [5, 5.41) is 6.50. The van der Waals surface area contributed by atoms with Gasteiger partial charge in [-0.3, -0.25) is 4.72 Å². The third kappa shape index (κ3) is 6.50. The summed E-state index contributed by atoms with van der Waals surface area (Å²) < 4.78 is 41.0. The summed E-state index contributed by atoms with van der Waals surface area (Å²) in [7, 11) is -0.959. The minimum atomic E-state index is -4.07. The first kappa shape index (κ1) is 27.7. The molecule has 5 rings (SSSR count). The molecule has 41 heavy (non-hydrogen) atoms. The van der Waals surface area contributed by atoms with Crippen LogP contribution < -0.4 is 24.8 Å². The van der Waals surface area contributed by atoms with Crippen molar-refractivity contribution < 1.29 is 17.9 Å². The van der Waals surface area contributed by atoms with Crippen LogP contribution >= 0.6 is 0 Å². The molecule has 0 aliphatic heterocycles. The molecule has 0 aliphatic carbocycles. The van der Waals surface area contributed by atoms with Gasteiger partial charge < -0.3 is 20.1 Å². The molecule has 1 unspecified atom stereocenters. The fraction of sp³-hybridized carbons (Fsp3) is 0.161. The number of fused-ring (bicyclic) bond motifs is 1. The van der Waals surface area contributed by atoms with E-state index in [-0.39, 0.29) is 22.4 Å². The topological polar surface area (TPSA) is 114 Å². The second-order valence-electron chi connectivity index (χ2n) is 9.43. The van der Waals surface area contributed by atoms with Gasteiger partial charge in [-0.2, -0.15) is 0 Å². The van der Waals surface area contributed by atoms with Gasteiger partial charge in [0.2, 0.25) is 0 Å². The molecule has 10 heteroatoms. The molecule has 0 saturated carbocycles. The van der Waals surface area contributed by atoms with Gasteiger partial charge in [0.25, 0.3) is 10.0 Å². The lowest BCUT2D eigenvalue weighted by molar-refractivity contribution is 0.395. The Kier molecular flexibility index (Phi) is 8.21. The van der Waals surface area contributed by atoms with Gasteiger partial charge in [-0.25, -0.2) is 18.4 Å². The fourth-order valence-electron chi connectivity index (χ4n) is 4.37. The highest BCUT2D eigenvalue weighted by atomic mass is 32.2. The maximum Gasteiger partial charge on any atom is 0.265 e. The normalized spacial score (nSPS) is 12.0. The number of nitrogens with zero attached hydrogens (tertiary/aromatic N) is 2. The molecule has 1 heterocycles. The number of anilines is 4. The number of ether oxygens (including phenoxy) is 2. The summed E-state index contributed by atoms with van der Waals surface area (Å²) in [6.45, 7) is 2.64. The Morgan fingerprint density at radius 2 is 1.34 bits per heavy atom. The van der Waals surface area contributed by atoms with Crippen LogP contribution in [0.25, 0.3) is 11.0 Å². The molecule has 0 radical (unpaired) electrons. The quantitative estimate of drug-likeness (QED) is 0.167. The third-order valence-electron chi connectivity index (χ3n) is 6.56. The predicted molar refractivity (Wildman–Crippen MR) is 163 cm³/mol. The van der Waals surface area contributed by atoms with Crippen molar-refractivity contribution in [3.8, 4) is 11.5 Å². The van der Waals surface area contributed by atoms with Crippen molar-refractivity contribution in [3.63, 3.8) is 0 Å². The van der Waals surface area contributed by atoms with Crippen molar-refractivity contribution >= 4 is 44.1 Å². The Balaban J connectivity index is 1.47. The second kappa shape index (κ2) is 12.1. The Morgan fingerprint density at radius 3 is 2.00 bits per heavy atom. The minimum Gasteiger partial charge on any atom is -0.497 e. The van der Waals surface area contributed by atoms with Crippen LogP contribution in [0.4, 0.5) is 23.0 Å². The molecule has 3 N–H and O–H groups in total. The summed E-state index contributed by atoms with van der Waals surface area (Å²) in [5.41, 5.74) is 3.38. The molecule has 0 spiro atoms. The van der Waals surface area contributed by atoms with E-state index in [0.29, 0.717) is 40.5 Å². The second-order valence-corrected chi connectivity index (χ2v) is 11.1. The highest BCUT2D eigenvalue weighted by Gasteiger charge is 2.22. The average molecular weight is 570 g/mol. The first-order valence-corrected chi connectivity index (χ1v) is 14.5. The molecular formula is C31H31N5O4S. The van der Waals surface area contributed by atoms with Crippen LogP contribution in [-0.2, 0) is 10.0 Å². The zero-order valence-corrected chi connectivity index (χ0v) is 23.8. The number of hydrogen-bond donors (Lipinski definition) is 3. The lowest BCUT2D eigenvalue weighted by Gasteiger charge is -2.18. The lowest BCUT2D eigenvalue weighted by atomic mass is 10.0. The van der Waals surface area contributed by atoms with E-state index in [9.17, 15) is 8.42 Å². The zero-order valence-electron chi connectivity index (χ0n) is 23.0. The Labute approximate surface area is 239 Å². The highest BCUT2D eigenvalue weighted by Crippen LogP contribution is 2.32. The van der Waals surface area contributed by atoms with E-state index in [1.54, 1.807) is 62.8 Å². The first-order chi connectivity index (χ1) is 19.9. The van der Waals surface area contributed by atoms with E-state index in [0.717, 1.165) is 5.56 Å². The number of rotatable bonds is 11. The molecule has 0 bridgehead atoms. The van der Waals surface area contributed by atoms with Crippen molar-refractivity contribution in [2.75, 3.05) is 36.1 Å². The van der Waals surface area contributed by atoms with E-state index >= 15 is 0 Å². The summed E-state index contributed by atoms with van der Waals surface area (Å²) in [4.78, 5) is 9.39. The van der Waals surface area contributed by atoms with Gasteiger partial charge >= 0.3 is 0 Å². The average Bonchev–Trinajstić information content (AvgIpc) is 3.00. The number of sulfonamides is 1. The molecular weight excluding hydrogens is 538 g/mol. The number of nitrogens with one attached hydrogen (secondary N) is 3. The van der Waals surface area contributed by atoms with Crippen LogP contribution in [0.15, 0.2) is 102 Å². The van der Waals surface area contributed by atoms with Crippen molar-refractivity contribution in [1.29, 1.82) is 0 Å². The maximum absolute atomic E-state index is 13.8. The predicted octanol–water partition coefficient (Wildman–Crippen LogP) is 6.41. The number of para-hydroxylation sites is 3. The smallest absolute Gasteiger partial charge is 0.265 e. The Morgan fingerprint density at radius 1 is 0.756 bits per heavy atom. The van der Waals surface area contributed by atoms with E-state index in [1.165, 1.54) is 0 Å². The third-order valence-corrected chi connectivity index (χ3v) is 7.96. The monoisotopic (exact) mass is 569 g/mol. The summed E-state index contributed by atoms with van der Waals surface area (Å²) in [5.74, 6) is 1.57. The summed E-state index contributed by atoms with van der Waals surface area (Å²) >= 11 is 0. The maximum atomic E-state index is 13.8. The molecule has 0 aliphatic rings. The molecule has 0 amide bonds. The molecule has 210 valence electrons. The zero-order chi connectivity index (χ0) is 28.8. The van der Waals surface area contributed by atoms with Gasteiger partial charge in [-0.15, -0.1) is 0 Å². The van der Waals surface area contributed by atoms with Gasteiger partial charge in [-0.1, -0.05) is 61.5 Å². The van der Waals surface area contributed by atoms with Gasteiger partial charge in [0.05, 0.1) is 30.9 Å². The van der Waals surface area contributed by atoms with Crippen molar-refractivity contribution in [2.45, 2.75) is 17.7 Å². The molecule has 5 aromatic rings. The molecule has 0 saturated heterocycles. The summed E-state index contributed by atoms with van der Waals surface area (Å²) in [6.07, 6.45) is 0. The largest absolute Gasteiger partial charge is 0.497 e. The fourth-order valence-corrected chi connectivity index (χ4v) is 5.56. The standard InChI is InChI=1S/C31H31N5O4S/c1-21(22-11-5-4-6-12-22)20-32-28-15-9-10-16-29(28)41(37,38)36-31-30(34-26-13-7-8-14-27(26)35-31)33-23-17-24(39-2)19-25(18-23)40-3/h4-19,21,32H,20H2,1-3H3,(H,33,34)(H,35,36). The van der Waals surface area contributed by atoms with Gasteiger partial charge in [0.1, 0.15) is 16.4 Å². The van der Waals surface area contributed by atoms with Crippen LogP contribution in [0, 0.1) is 0 Å². The van der Waals surface area contributed by atoms with Crippen molar-refractivity contribution in [3.05, 3.63) is 103 Å². The van der Waals surface area contributed by atoms with Crippen molar-refractivity contribution in [1.82, 2.24) is 9.97 Å². The Bertz CT molecular complexity index is 1740. The van der Waals surface area contributed by atoms with E-state index in [4.69, 9.17) is 9.47 Å². The lowest BCUT2D eigenvalue weighted by Crippen LogP contribution is -2.19.